The molecule has 106 valence electrons. The van der Waals surface area contributed by atoms with Crippen LogP contribution in [-0.4, -0.2) is 21.4 Å². The maximum Gasteiger partial charge on any atom is 0.170 e. The highest BCUT2D eigenvalue weighted by Gasteiger charge is 2.01. The molecule has 6 heteroatoms. The van der Waals surface area contributed by atoms with Crippen molar-refractivity contribution in [2.75, 3.05) is 11.9 Å². The van der Waals surface area contributed by atoms with Crippen LogP contribution < -0.4 is 10.6 Å². The van der Waals surface area contributed by atoms with Gasteiger partial charge in [-0.15, -0.1) is 0 Å². The number of para-hydroxylation sites is 1. The Morgan fingerprint density at radius 1 is 1.35 bits per heavy atom. The summed E-state index contributed by atoms with van der Waals surface area (Å²) in [6.45, 7) is 3.64. The van der Waals surface area contributed by atoms with Crippen molar-refractivity contribution in [2.24, 2.45) is 0 Å². The topological polar surface area (TPSA) is 41.9 Å². The van der Waals surface area contributed by atoms with Crippen LogP contribution in [0.25, 0.3) is 0 Å². The van der Waals surface area contributed by atoms with Crippen LogP contribution in [0.3, 0.4) is 0 Å². The van der Waals surface area contributed by atoms with Crippen LogP contribution in [-0.2, 0) is 6.54 Å². The Bertz CT molecular complexity index is 582. The number of anilines is 1. The lowest BCUT2D eigenvalue weighted by atomic mass is 10.3. The monoisotopic (exact) mass is 308 g/mol. The van der Waals surface area contributed by atoms with Crippen LogP contribution in [0, 0.1) is 6.92 Å². The number of rotatable bonds is 5. The van der Waals surface area contributed by atoms with Crippen LogP contribution in [0.5, 0.6) is 0 Å². The lowest BCUT2D eigenvalue weighted by Gasteiger charge is -2.11. The smallest absolute Gasteiger partial charge is 0.170 e. The normalized spacial score (nSPS) is 10.3. The minimum Gasteiger partial charge on any atom is -0.362 e. The number of hydrogen-bond acceptors (Lipinski definition) is 2. The zero-order chi connectivity index (χ0) is 14.4. The van der Waals surface area contributed by atoms with Crippen molar-refractivity contribution >= 4 is 34.6 Å². The van der Waals surface area contributed by atoms with Gasteiger partial charge in [0.1, 0.15) is 0 Å². The number of hydrogen-bond donors (Lipinski definition) is 2. The third kappa shape index (κ3) is 4.51. The predicted octanol–water partition coefficient (Wildman–Crippen LogP) is 3.22. The number of aromatic nitrogens is 2. The quantitative estimate of drug-likeness (QED) is 0.657. The van der Waals surface area contributed by atoms with Crippen molar-refractivity contribution in [2.45, 2.75) is 19.9 Å². The van der Waals surface area contributed by atoms with E-state index in [1.807, 2.05) is 48.1 Å². The molecule has 0 bridgehead atoms. The summed E-state index contributed by atoms with van der Waals surface area (Å²) in [5, 5.41) is 11.8. The zero-order valence-electron chi connectivity index (χ0n) is 11.3. The van der Waals surface area contributed by atoms with Gasteiger partial charge in [-0.2, -0.15) is 5.10 Å². The second kappa shape index (κ2) is 7.26. The van der Waals surface area contributed by atoms with E-state index in [-0.39, 0.29) is 0 Å². The number of aryl methyl sites for hydroxylation is 2. The Morgan fingerprint density at radius 2 is 2.15 bits per heavy atom. The summed E-state index contributed by atoms with van der Waals surface area (Å²) >= 11 is 11.3. The lowest BCUT2D eigenvalue weighted by molar-refractivity contribution is 0.570. The first-order valence-electron chi connectivity index (χ1n) is 6.44. The molecule has 2 aromatic rings. The molecule has 4 nitrogen and oxygen atoms in total. The number of nitrogens with one attached hydrogen (secondary N) is 2. The highest BCUT2D eigenvalue weighted by atomic mass is 35.5. The van der Waals surface area contributed by atoms with Crippen LogP contribution in [0.2, 0.25) is 5.02 Å². The van der Waals surface area contributed by atoms with Crippen molar-refractivity contribution in [3.05, 3.63) is 47.2 Å². The Hall–Kier alpha value is -1.59. The first-order valence-corrected chi connectivity index (χ1v) is 7.23. The second-order valence-corrected chi connectivity index (χ2v) is 5.25. The molecule has 0 aliphatic heterocycles. The summed E-state index contributed by atoms with van der Waals surface area (Å²) in [7, 11) is 0. The van der Waals surface area contributed by atoms with Crippen molar-refractivity contribution in [1.29, 1.82) is 0 Å². The second-order valence-electron chi connectivity index (χ2n) is 4.43. The number of nitrogens with zero attached hydrogens (tertiary/aromatic N) is 2. The van der Waals surface area contributed by atoms with E-state index in [2.05, 4.69) is 15.7 Å². The van der Waals surface area contributed by atoms with Gasteiger partial charge in [-0.25, -0.2) is 0 Å². The van der Waals surface area contributed by atoms with Gasteiger partial charge in [0.05, 0.1) is 16.4 Å². The van der Waals surface area contributed by atoms with Crippen LogP contribution in [0.1, 0.15) is 12.1 Å². The highest BCUT2D eigenvalue weighted by molar-refractivity contribution is 7.80. The van der Waals surface area contributed by atoms with E-state index in [1.54, 1.807) is 0 Å². The molecule has 0 fully saturated rings. The molecular weight excluding hydrogens is 292 g/mol. The fourth-order valence-corrected chi connectivity index (χ4v) is 2.15. The molecule has 1 heterocycles. The van der Waals surface area contributed by atoms with Crippen LogP contribution in [0.4, 0.5) is 5.69 Å². The van der Waals surface area contributed by atoms with Gasteiger partial charge in [-0.05, 0) is 43.8 Å². The van der Waals surface area contributed by atoms with E-state index < -0.39 is 0 Å². The molecule has 0 radical (unpaired) electrons. The van der Waals surface area contributed by atoms with Crippen molar-refractivity contribution in [1.82, 2.24) is 15.1 Å². The maximum atomic E-state index is 6.05. The Balaban J connectivity index is 1.69. The third-order valence-electron chi connectivity index (χ3n) is 2.75. The average molecular weight is 309 g/mol. The lowest BCUT2D eigenvalue weighted by Crippen LogP contribution is -2.29. The molecule has 0 unspecified atom stereocenters. The van der Waals surface area contributed by atoms with Gasteiger partial charge in [0, 0.05) is 19.3 Å². The van der Waals surface area contributed by atoms with Crippen molar-refractivity contribution in [3.8, 4) is 0 Å². The van der Waals surface area contributed by atoms with E-state index >= 15 is 0 Å². The molecule has 0 spiro atoms. The first kappa shape index (κ1) is 14.8. The molecule has 20 heavy (non-hydrogen) atoms. The minimum atomic E-state index is 0.578. The summed E-state index contributed by atoms with van der Waals surface area (Å²) in [5.41, 5.74) is 1.85. The summed E-state index contributed by atoms with van der Waals surface area (Å²) in [4.78, 5) is 0. The van der Waals surface area contributed by atoms with Gasteiger partial charge in [-0.3, -0.25) is 4.68 Å². The summed E-state index contributed by atoms with van der Waals surface area (Å²) < 4.78 is 1.93. The average Bonchev–Trinajstić information content (AvgIpc) is 2.83. The SMILES string of the molecule is Cc1ccn(CCCNC(=S)Nc2ccccc2Cl)n1. The molecule has 0 aliphatic carbocycles. The molecule has 0 saturated carbocycles. The Labute approximate surface area is 129 Å². The molecule has 0 saturated heterocycles. The fraction of sp³-hybridized carbons (Fsp3) is 0.286. The van der Waals surface area contributed by atoms with Gasteiger partial charge in [-0.1, -0.05) is 23.7 Å². The van der Waals surface area contributed by atoms with Crippen molar-refractivity contribution < 1.29 is 0 Å². The third-order valence-corrected chi connectivity index (χ3v) is 3.32. The number of benzene rings is 1. The first-order chi connectivity index (χ1) is 9.65. The molecule has 2 N–H and O–H groups in total. The molecule has 0 atom stereocenters. The molecular formula is C14H17ClN4S. The van der Waals surface area contributed by atoms with Crippen LogP contribution in [0.15, 0.2) is 36.5 Å². The van der Waals surface area contributed by atoms with Gasteiger partial charge in [0.25, 0.3) is 0 Å². The minimum absolute atomic E-state index is 0.578. The van der Waals surface area contributed by atoms with Gasteiger partial charge in [0.15, 0.2) is 5.11 Å². The zero-order valence-corrected chi connectivity index (χ0v) is 12.8. The number of thiocarbonyl (C=S) groups is 1. The summed E-state index contributed by atoms with van der Waals surface area (Å²) in [6.07, 6.45) is 2.93. The summed E-state index contributed by atoms with van der Waals surface area (Å²) in [6, 6.07) is 9.51. The maximum absolute atomic E-state index is 6.05. The van der Waals surface area contributed by atoms with Gasteiger partial charge >= 0.3 is 0 Å². The largest absolute Gasteiger partial charge is 0.362 e. The molecule has 0 aliphatic rings. The fourth-order valence-electron chi connectivity index (χ4n) is 1.76. The number of halogens is 1. The van der Waals surface area contributed by atoms with E-state index in [0.717, 1.165) is 30.9 Å². The van der Waals surface area contributed by atoms with E-state index in [4.69, 9.17) is 23.8 Å². The van der Waals surface area contributed by atoms with Crippen LogP contribution >= 0.6 is 23.8 Å². The van der Waals surface area contributed by atoms with E-state index in [0.29, 0.717) is 10.1 Å². The Kier molecular flexibility index (Phi) is 5.38. The molecule has 2 rings (SSSR count). The molecule has 1 aromatic carbocycles. The van der Waals surface area contributed by atoms with Gasteiger partial charge < -0.3 is 10.6 Å². The standard InChI is InChI=1S/C14H17ClN4S/c1-11-7-10-19(18-11)9-4-8-16-14(20)17-13-6-3-2-5-12(13)15/h2-3,5-7,10H,4,8-9H2,1H3,(H2,16,17,20). The van der Waals surface area contributed by atoms with E-state index in [9.17, 15) is 0 Å². The predicted molar refractivity (Wildman–Crippen MR) is 87.3 cm³/mol. The van der Waals surface area contributed by atoms with Crippen molar-refractivity contribution in [3.63, 3.8) is 0 Å². The summed E-state index contributed by atoms with van der Waals surface area (Å²) in [5.74, 6) is 0. The van der Waals surface area contributed by atoms with Gasteiger partial charge in [0.2, 0.25) is 0 Å². The Morgan fingerprint density at radius 3 is 2.85 bits per heavy atom. The molecule has 0 amide bonds. The highest BCUT2D eigenvalue weighted by Crippen LogP contribution is 2.19. The molecule has 1 aromatic heterocycles. The van der Waals surface area contributed by atoms with E-state index in [1.165, 1.54) is 0 Å².